The minimum Gasteiger partial charge on any atom is -0.337 e. The van der Waals surface area contributed by atoms with Crippen LogP contribution in [-0.2, 0) is 11.3 Å². The van der Waals surface area contributed by atoms with Crippen molar-refractivity contribution in [1.82, 2.24) is 4.57 Å². The Labute approximate surface area is 158 Å². The van der Waals surface area contributed by atoms with E-state index in [-0.39, 0.29) is 11.9 Å². The molecule has 140 valence electrons. The van der Waals surface area contributed by atoms with Gasteiger partial charge in [0.1, 0.15) is 12.4 Å². The molecule has 27 heavy (non-hydrogen) atoms. The van der Waals surface area contributed by atoms with Crippen LogP contribution < -0.4 is 5.32 Å². The highest BCUT2D eigenvalue weighted by Gasteiger charge is 2.40. The minimum atomic E-state index is -5.03. The number of carbonyl (C=O) groups is 2. The summed E-state index contributed by atoms with van der Waals surface area (Å²) in [6, 6.07) is 9.54. The molecule has 0 atom stereocenters. The lowest BCUT2D eigenvalue weighted by molar-refractivity contribution is -0.116. The largest absolute Gasteiger partial charge is 0.454 e. The Balaban J connectivity index is 1.93. The Morgan fingerprint density at radius 2 is 1.74 bits per heavy atom. The number of benzene rings is 2. The van der Waals surface area contributed by atoms with Gasteiger partial charge in [-0.1, -0.05) is 15.9 Å². The summed E-state index contributed by atoms with van der Waals surface area (Å²) in [7, 11) is 0. The highest BCUT2D eigenvalue weighted by atomic mass is 79.9. The van der Waals surface area contributed by atoms with Gasteiger partial charge in [0, 0.05) is 27.3 Å². The van der Waals surface area contributed by atoms with E-state index in [2.05, 4.69) is 21.2 Å². The Morgan fingerprint density at radius 3 is 2.37 bits per heavy atom. The number of aromatic nitrogens is 1. The minimum absolute atomic E-state index is 0.0845. The number of ketones is 1. The van der Waals surface area contributed by atoms with Crippen LogP contribution in [0, 0.1) is 5.82 Å². The number of hydrogen-bond donors (Lipinski definition) is 1. The summed E-state index contributed by atoms with van der Waals surface area (Å²) in [6.45, 7) is -0.319. The Morgan fingerprint density at radius 1 is 1.07 bits per heavy atom. The monoisotopic (exact) mass is 442 g/mol. The van der Waals surface area contributed by atoms with Crippen molar-refractivity contribution in [1.29, 1.82) is 0 Å². The first-order chi connectivity index (χ1) is 12.6. The second kappa shape index (κ2) is 7.15. The van der Waals surface area contributed by atoms with E-state index in [0.29, 0.717) is 15.7 Å². The number of halogens is 5. The molecule has 1 heterocycles. The number of fused-ring (bicyclic) bond motifs is 1. The zero-order valence-corrected chi connectivity index (χ0v) is 15.1. The highest BCUT2D eigenvalue weighted by Crippen LogP contribution is 2.30. The molecule has 0 saturated heterocycles. The van der Waals surface area contributed by atoms with Crippen molar-refractivity contribution in [3.05, 3.63) is 64.5 Å². The van der Waals surface area contributed by atoms with Crippen molar-refractivity contribution in [3.8, 4) is 0 Å². The molecule has 0 aliphatic rings. The van der Waals surface area contributed by atoms with E-state index in [4.69, 9.17) is 0 Å². The number of amides is 1. The quantitative estimate of drug-likeness (QED) is 0.460. The summed E-state index contributed by atoms with van der Waals surface area (Å²) >= 11 is 3.16. The first-order valence-corrected chi connectivity index (χ1v) is 8.40. The Bertz CT molecular complexity index is 1030. The van der Waals surface area contributed by atoms with Gasteiger partial charge in [0.15, 0.2) is 0 Å². The van der Waals surface area contributed by atoms with Crippen molar-refractivity contribution < 1.29 is 27.2 Å². The lowest BCUT2D eigenvalue weighted by atomic mass is 10.1. The summed E-state index contributed by atoms with van der Waals surface area (Å²) in [5, 5.41) is 2.60. The fourth-order valence-electron chi connectivity index (χ4n) is 2.62. The number of Topliss-reactive ketones (excluding diaryl/α,β-unsaturated/α-hetero) is 1. The lowest BCUT2D eigenvalue weighted by Crippen LogP contribution is -2.22. The maximum Gasteiger partial charge on any atom is 0.454 e. The lowest BCUT2D eigenvalue weighted by Gasteiger charge is -2.07. The third-order valence-corrected chi connectivity index (χ3v) is 4.28. The van der Waals surface area contributed by atoms with Crippen molar-refractivity contribution in [2.45, 2.75) is 12.7 Å². The average molecular weight is 443 g/mol. The Kier molecular flexibility index (Phi) is 5.05. The molecule has 0 fully saturated rings. The van der Waals surface area contributed by atoms with Crippen LogP contribution in [0.15, 0.2) is 53.1 Å². The average Bonchev–Trinajstić information content (AvgIpc) is 2.92. The molecular formula is C18H11BrF4N2O2. The molecule has 1 N–H and O–H groups in total. The van der Waals surface area contributed by atoms with E-state index >= 15 is 0 Å². The summed E-state index contributed by atoms with van der Waals surface area (Å²) in [6.07, 6.45) is -4.02. The second-order valence-electron chi connectivity index (χ2n) is 5.71. The number of nitrogens with one attached hydrogen (secondary N) is 1. The number of rotatable bonds is 4. The van der Waals surface area contributed by atoms with Gasteiger partial charge in [0.05, 0.1) is 5.56 Å². The van der Waals surface area contributed by atoms with Gasteiger partial charge in [0.25, 0.3) is 5.78 Å². The van der Waals surface area contributed by atoms with Crippen molar-refractivity contribution in [2.75, 3.05) is 5.32 Å². The van der Waals surface area contributed by atoms with E-state index in [9.17, 15) is 27.2 Å². The second-order valence-corrected chi connectivity index (χ2v) is 6.63. The first kappa shape index (κ1) is 19.1. The van der Waals surface area contributed by atoms with Crippen LogP contribution in [0.4, 0.5) is 23.2 Å². The van der Waals surface area contributed by atoms with E-state index in [1.165, 1.54) is 28.8 Å². The highest BCUT2D eigenvalue weighted by molar-refractivity contribution is 9.10. The van der Waals surface area contributed by atoms with Crippen LogP contribution in [0.5, 0.6) is 0 Å². The van der Waals surface area contributed by atoms with Crippen LogP contribution >= 0.6 is 15.9 Å². The van der Waals surface area contributed by atoms with Crippen LogP contribution in [0.2, 0.25) is 0 Å². The Hall–Kier alpha value is -2.68. The topological polar surface area (TPSA) is 51.1 Å². The molecule has 0 aliphatic carbocycles. The first-order valence-electron chi connectivity index (χ1n) is 7.60. The maximum atomic E-state index is 12.9. The molecule has 3 aromatic rings. The van der Waals surface area contributed by atoms with Crippen molar-refractivity contribution in [3.63, 3.8) is 0 Å². The zero-order chi connectivity index (χ0) is 19.8. The third kappa shape index (κ3) is 4.19. The fourth-order valence-corrected chi connectivity index (χ4v) is 2.98. The van der Waals surface area contributed by atoms with Crippen LogP contribution in [0.3, 0.4) is 0 Å². The zero-order valence-electron chi connectivity index (χ0n) is 13.5. The third-order valence-electron chi connectivity index (χ3n) is 3.79. The molecular weight excluding hydrogens is 432 g/mol. The number of anilines is 1. The van der Waals surface area contributed by atoms with Gasteiger partial charge in [-0.25, -0.2) is 4.39 Å². The normalized spacial score (nSPS) is 11.6. The van der Waals surface area contributed by atoms with E-state index in [0.717, 1.165) is 18.3 Å². The maximum absolute atomic E-state index is 12.9. The molecule has 4 nitrogen and oxygen atoms in total. The molecule has 2 aromatic carbocycles. The van der Waals surface area contributed by atoms with E-state index in [1.807, 2.05) is 0 Å². The molecule has 0 spiro atoms. The number of hydrogen-bond acceptors (Lipinski definition) is 2. The smallest absolute Gasteiger partial charge is 0.337 e. The molecule has 1 amide bonds. The van der Waals surface area contributed by atoms with E-state index < -0.39 is 29.2 Å². The van der Waals surface area contributed by atoms with E-state index in [1.54, 1.807) is 6.07 Å². The predicted molar refractivity (Wildman–Crippen MR) is 95.1 cm³/mol. The van der Waals surface area contributed by atoms with Gasteiger partial charge in [0.2, 0.25) is 5.91 Å². The summed E-state index contributed by atoms with van der Waals surface area (Å²) in [5.41, 5.74) is 0.112. The molecule has 9 heteroatoms. The molecule has 0 aliphatic heterocycles. The van der Waals surface area contributed by atoms with Crippen LogP contribution in [0.1, 0.15) is 10.4 Å². The summed E-state index contributed by atoms with van der Waals surface area (Å²) < 4.78 is 53.3. The number of carbonyl (C=O) groups excluding carboxylic acids is 2. The number of nitrogens with zero attached hydrogens (tertiary/aromatic N) is 1. The summed E-state index contributed by atoms with van der Waals surface area (Å²) in [5.74, 6) is -2.99. The van der Waals surface area contributed by atoms with Gasteiger partial charge in [-0.2, -0.15) is 13.2 Å². The van der Waals surface area contributed by atoms with Crippen molar-refractivity contribution in [2.24, 2.45) is 0 Å². The molecule has 3 rings (SSSR count). The van der Waals surface area contributed by atoms with Gasteiger partial charge in [-0.3, -0.25) is 9.59 Å². The standard InChI is InChI=1S/C18H11BrF4N2O2/c19-10-1-6-15-13(7-10)14(17(27)18(21,22)23)8-25(15)9-16(26)24-12-4-2-11(20)3-5-12/h1-8H,9H2,(H,24,26). The fraction of sp³-hybridized carbons (Fsp3) is 0.111. The molecule has 1 aromatic heterocycles. The van der Waals surface area contributed by atoms with Crippen LogP contribution in [-0.4, -0.2) is 22.4 Å². The van der Waals surface area contributed by atoms with Gasteiger partial charge in [-0.15, -0.1) is 0 Å². The SMILES string of the molecule is O=C(Cn1cc(C(=O)C(F)(F)F)c2cc(Br)ccc21)Nc1ccc(F)cc1. The molecule has 0 radical (unpaired) electrons. The van der Waals surface area contributed by atoms with Gasteiger partial charge >= 0.3 is 6.18 Å². The van der Waals surface area contributed by atoms with Crippen molar-refractivity contribution >= 4 is 44.2 Å². The van der Waals surface area contributed by atoms with Gasteiger partial charge < -0.3 is 9.88 Å². The molecule has 0 saturated carbocycles. The molecule has 0 bridgehead atoms. The van der Waals surface area contributed by atoms with Crippen LogP contribution in [0.25, 0.3) is 10.9 Å². The number of alkyl halides is 3. The van der Waals surface area contributed by atoms with Gasteiger partial charge in [-0.05, 0) is 42.5 Å². The predicted octanol–water partition coefficient (Wildman–Crippen LogP) is 4.93. The molecule has 0 unspecified atom stereocenters. The summed E-state index contributed by atoms with van der Waals surface area (Å²) in [4.78, 5) is 23.9.